The van der Waals surface area contributed by atoms with Crippen molar-refractivity contribution in [1.29, 1.82) is 0 Å². The maximum Gasteiger partial charge on any atom is 0.255 e. The number of carbonyl (C=O) groups is 1. The molecule has 1 saturated carbocycles. The third kappa shape index (κ3) is 2.78. The molecule has 4 rings (SSSR count). The lowest BCUT2D eigenvalue weighted by Gasteiger charge is -2.41. The number of anilines is 1. The van der Waals surface area contributed by atoms with Crippen molar-refractivity contribution in [2.75, 3.05) is 18.8 Å². The number of amides is 1. The first-order valence-electron chi connectivity index (χ1n) is 8.86. The summed E-state index contributed by atoms with van der Waals surface area (Å²) >= 11 is 0. The number of benzene rings is 1. The number of hydrogen-bond acceptors (Lipinski definition) is 4. The van der Waals surface area contributed by atoms with Crippen molar-refractivity contribution < 1.29 is 9.90 Å². The van der Waals surface area contributed by atoms with Crippen molar-refractivity contribution >= 4 is 11.7 Å². The van der Waals surface area contributed by atoms with E-state index in [0.717, 1.165) is 24.8 Å². The second-order valence-corrected chi connectivity index (χ2v) is 7.23. The van der Waals surface area contributed by atoms with Gasteiger partial charge in [0, 0.05) is 25.2 Å². The fraction of sp³-hybridized carbons (Fsp3) is 0.400. The van der Waals surface area contributed by atoms with Crippen molar-refractivity contribution in [2.24, 2.45) is 11.8 Å². The van der Waals surface area contributed by atoms with Crippen molar-refractivity contribution in [3.63, 3.8) is 0 Å². The highest BCUT2D eigenvalue weighted by atomic mass is 16.3. The van der Waals surface area contributed by atoms with Gasteiger partial charge in [0.2, 0.25) is 0 Å². The number of aromatic nitrogens is 1. The standard InChI is InChI=1S/C20H23N3O2/c21-18-9-8-14(11-22-18)19(24)23-12-15-5-4-10-20(25,17(15)13-23)16-6-2-1-3-7-16/h1-3,6-9,11,15,17,25H,4-5,10,12-13H2,(H2,21,22)/t15-,17+,20+/m1/s1. The monoisotopic (exact) mass is 337 g/mol. The molecule has 0 spiro atoms. The quantitative estimate of drug-likeness (QED) is 0.882. The molecule has 1 amide bonds. The molecule has 1 aromatic carbocycles. The summed E-state index contributed by atoms with van der Waals surface area (Å²) in [5, 5.41) is 11.5. The van der Waals surface area contributed by atoms with E-state index >= 15 is 0 Å². The lowest BCUT2D eigenvalue weighted by atomic mass is 9.67. The van der Waals surface area contributed by atoms with E-state index in [-0.39, 0.29) is 11.8 Å². The number of likely N-dealkylation sites (tertiary alicyclic amines) is 1. The maximum atomic E-state index is 12.8. The Balaban J connectivity index is 1.59. The number of nitrogens with two attached hydrogens (primary N) is 1. The zero-order valence-corrected chi connectivity index (χ0v) is 14.1. The van der Waals surface area contributed by atoms with Crippen LogP contribution in [0.3, 0.4) is 0 Å². The minimum absolute atomic E-state index is 0.0303. The van der Waals surface area contributed by atoms with Crippen LogP contribution >= 0.6 is 0 Å². The summed E-state index contributed by atoms with van der Waals surface area (Å²) in [4.78, 5) is 18.7. The van der Waals surface area contributed by atoms with Crippen molar-refractivity contribution in [3.8, 4) is 0 Å². The number of hydrogen-bond donors (Lipinski definition) is 2. The topological polar surface area (TPSA) is 79.5 Å². The first-order valence-corrected chi connectivity index (χ1v) is 8.86. The maximum absolute atomic E-state index is 12.8. The summed E-state index contributed by atoms with van der Waals surface area (Å²) < 4.78 is 0. The Morgan fingerprint density at radius 2 is 2.00 bits per heavy atom. The van der Waals surface area contributed by atoms with Crippen LogP contribution in [0.5, 0.6) is 0 Å². The van der Waals surface area contributed by atoms with E-state index < -0.39 is 5.60 Å². The van der Waals surface area contributed by atoms with Gasteiger partial charge in [-0.15, -0.1) is 0 Å². The van der Waals surface area contributed by atoms with Crippen molar-refractivity contribution in [3.05, 3.63) is 59.8 Å². The van der Waals surface area contributed by atoms with Crippen LogP contribution < -0.4 is 5.73 Å². The van der Waals surface area contributed by atoms with Gasteiger partial charge in [0.25, 0.3) is 5.91 Å². The smallest absolute Gasteiger partial charge is 0.255 e. The van der Waals surface area contributed by atoms with Gasteiger partial charge in [-0.1, -0.05) is 30.3 Å². The van der Waals surface area contributed by atoms with Gasteiger partial charge in [-0.05, 0) is 42.9 Å². The second-order valence-electron chi connectivity index (χ2n) is 7.23. The number of aliphatic hydroxyl groups is 1. The highest BCUT2D eigenvalue weighted by Gasteiger charge is 2.50. The molecule has 130 valence electrons. The van der Waals surface area contributed by atoms with Gasteiger partial charge in [0.1, 0.15) is 5.82 Å². The van der Waals surface area contributed by atoms with Gasteiger partial charge in [-0.2, -0.15) is 0 Å². The largest absolute Gasteiger partial charge is 0.385 e. The Hall–Kier alpha value is -2.40. The van der Waals surface area contributed by atoms with E-state index in [1.54, 1.807) is 12.1 Å². The minimum atomic E-state index is -0.849. The Morgan fingerprint density at radius 3 is 2.72 bits per heavy atom. The highest BCUT2D eigenvalue weighted by molar-refractivity contribution is 5.94. The molecule has 25 heavy (non-hydrogen) atoms. The summed E-state index contributed by atoms with van der Waals surface area (Å²) in [5.41, 5.74) is 6.28. The van der Waals surface area contributed by atoms with E-state index in [2.05, 4.69) is 4.98 Å². The van der Waals surface area contributed by atoms with Crippen LogP contribution in [-0.4, -0.2) is 34.0 Å². The minimum Gasteiger partial charge on any atom is -0.385 e. The molecule has 0 unspecified atom stereocenters. The van der Waals surface area contributed by atoms with E-state index in [1.807, 2.05) is 35.2 Å². The van der Waals surface area contributed by atoms with Gasteiger partial charge in [-0.3, -0.25) is 4.79 Å². The lowest BCUT2D eigenvalue weighted by Crippen LogP contribution is -2.42. The third-order valence-electron chi connectivity index (χ3n) is 5.78. The van der Waals surface area contributed by atoms with Crippen LogP contribution in [0, 0.1) is 11.8 Å². The normalized spacial score (nSPS) is 28.6. The molecule has 3 atom stereocenters. The van der Waals surface area contributed by atoms with Crippen LogP contribution in [0.15, 0.2) is 48.7 Å². The molecule has 2 heterocycles. The Kier molecular flexibility index (Phi) is 3.96. The summed E-state index contributed by atoms with van der Waals surface area (Å²) in [6.45, 7) is 1.28. The molecule has 0 bridgehead atoms. The predicted octanol–water partition coefficient (Wildman–Crippen LogP) is 2.42. The third-order valence-corrected chi connectivity index (χ3v) is 5.78. The number of rotatable bonds is 2. The highest BCUT2D eigenvalue weighted by Crippen LogP contribution is 2.48. The molecule has 5 heteroatoms. The van der Waals surface area contributed by atoms with Gasteiger partial charge in [0.05, 0.1) is 11.2 Å². The molecule has 1 saturated heterocycles. The lowest BCUT2D eigenvalue weighted by molar-refractivity contribution is -0.0644. The molecule has 5 nitrogen and oxygen atoms in total. The average molecular weight is 337 g/mol. The molecule has 2 aromatic rings. The molecular formula is C20H23N3O2. The van der Waals surface area contributed by atoms with Crippen molar-refractivity contribution in [1.82, 2.24) is 9.88 Å². The molecule has 3 N–H and O–H groups in total. The average Bonchev–Trinajstić information content (AvgIpc) is 3.08. The summed E-state index contributed by atoms with van der Waals surface area (Å²) in [7, 11) is 0. The molecule has 1 aliphatic carbocycles. The summed E-state index contributed by atoms with van der Waals surface area (Å²) in [5.74, 6) is 0.793. The zero-order chi connectivity index (χ0) is 17.4. The van der Waals surface area contributed by atoms with Gasteiger partial charge < -0.3 is 15.7 Å². The summed E-state index contributed by atoms with van der Waals surface area (Å²) in [6, 6.07) is 13.3. The number of pyridine rings is 1. The van der Waals surface area contributed by atoms with Crippen LogP contribution in [0.25, 0.3) is 0 Å². The number of fused-ring (bicyclic) bond motifs is 1. The number of carbonyl (C=O) groups excluding carboxylic acids is 1. The molecule has 2 fully saturated rings. The zero-order valence-electron chi connectivity index (χ0n) is 14.1. The van der Waals surface area contributed by atoms with Crippen LogP contribution in [0.2, 0.25) is 0 Å². The molecular weight excluding hydrogens is 314 g/mol. The van der Waals surface area contributed by atoms with E-state index in [1.165, 1.54) is 6.20 Å². The molecule has 2 aliphatic rings. The van der Waals surface area contributed by atoms with Gasteiger partial charge >= 0.3 is 0 Å². The molecule has 1 aromatic heterocycles. The van der Waals surface area contributed by atoms with Crippen LogP contribution in [0.4, 0.5) is 5.82 Å². The summed E-state index contributed by atoms with van der Waals surface area (Å²) in [6.07, 6.45) is 4.33. The first-order chi connectivity index (χ1) is 12.1. The van der Waals surface area contributed by atoms with Crippen LogP contribution in [-0.2, 0) is 5.60 Å². The van der Waals surface area contributed by atoms with Gasteiger partial charge in [-0.25, -0.2) is 4.98 Å². The SMILES string of the molecule is Nc1ccc(C(=O)N2C[C@H]3CCC[C@](O)(c4ccccc4)[C@H]3C2)cn1. The van der Waals surface area contributed by atoms with Crippen LogP contribution in [0.1, 0.15) is 35.2 Å². The molecule has 0 radical (unpaired) electrons. The number of nitrogen functional groups attached to an aromatic ring is 1. The van der Waals surface area contributed by atoms with E-state index in [4.69, 9.17) is 5.73 Å². The van der Waals surface area contributed by atoms with E-state index in [9.17, 15) is 9.90 Å². The Morgan fingerprint density at radius 1 is 1.20 bits per heavy atom. The van der Waals surface area contributed by atoms with Gasteiger partial charge in [0.15, 0.2) is 0 Å². The Bertz CT molecular complexity index is 762. The second kappa shape index (κ2) is 6.15. The fourth-order valence-corrected chi connectivity index (χ4v) is 4.49. The molecule has 1 aliphatic heterocycles. The van der Waals surface area contributed by atoms with E-state index in [0.29, 0.717) is 30.4 Å². The van der Waals surface area contributed by atoms with Crippen molar-refractivity contribution in [2.45, 2.75) is 24.9 Å². The first kappa shape index (κ1) is 16.1. The Labute approximate surface area is 147 Å². The fourth-order valence-electron chi connectivity index (χ4n) is 4.49. The number of nitrogens with zero attached hydrogens (tertiary/aromatic N) is 2. The predicted molar refractivity (Wildman–Crippen MR) is 95.7 cm³/mol.